The number of carbonyl (C=O) groups is 1. The van der Waals surface area contributed by atoms with Gasteiger partial charge in [0.2, 0.25) is 0 Å². The molecule has 1 unspecified atom stereocenters. The summed E-state index contributed by atoms with van der Waals surface area (Å²) in [5, 5.41) is 0. The van der Waals surface area contributed by atoms with E-state index in [-0.39, 0.29) is 11.7 Å². The highest BCUT2D eigenvalue weighted by Crippen LogP contribution is 2.21. The second kappa shape index (κ2) is 5.84. The van der Waals surface area contributed by atoms with Crippen LogP contribution in [-0.2, 0) is 9.53 Å². The van der Waals surface area contributed by atoms with Gasteiger partial charge in [0.15, 0.2) is 11.5 Å². The summed E-state index contributed by atoms with van der Waals surface area (Å²) in [6.45, 7) is 4.92. The molecule has 0 bridgehead atoms. The van der Waals surface area contributed by atoms with E-state index in [0.717, 1.165) is 32.1 Å². The van der Waals surface area contributed by atoms with Gasteiger partial charge in [-0.1, -0.05) is 26.7 Å². The SMILES string of the molecule is CCCCC(CC)C(=O)C1=CCCO1. The number of ether oxygens (including phenoxy) is 1. The van der Waals surface area contributed by atoms with Crippen molar-refractivity contribution in [3.63, 3.8) is 0 Å². The van der Waals surface area contributed by atoms with Gasteiger partial charge in [0.25, 0.3) is 0 Å². The van der Waals surface area contributed by atoms with E-state index in [9.17, 15) is 4.79 Å². The van der Waals surface area contributed by atoms with Crippen LogP contribution in [0.2, 0.25) is 0 Å². The van der Waals surface area contributed by atoms with E-state index in [2.05, 4.69) is 13.8 Å². The molecule has 1 atom stereocenters. The number of carbonyl (C=O) groups excluding carboxylic acids is 1. The maximum atomic E-state index is 11.9. The maximum Gasteiger partial charge on any atom is 0.200 e. The molecule has 0 aliphatic carbocycles. The Morgan fingerprint density at radius 3 is 2.86 bits per heavy atom. The van der Waals surface area contributed by atoms with Crippen LogP contribution in [0.4, 0.5) is 0 Å². The lowest BCUT2D eigenvalue weighted by Gasteiger charge is -2.13. The van der Waals surface area contributed by atoms with Crippen LogP contribution < -0.4 is 0 Å². The number of ketones is 1. The molecule has 0 aromatic heterocycles. The Morgan fingerprint density at radius 1 is 1.57 bits per heavy atom. The lowest BCUT2D eigenvalue weighted by atomic mass is 9.93. The van der Waals surface area contributed by atoms with Crippen molar-refractivity contribution in [2.45, 2.75) is 46.0 Å². The zero-order chi connectivity index (χ0) is 10.4. The monoisotopic (exact) mass is 196 g/mol. The molecular weight excluding hydrogens is 176 g/mol. The van der Waals surface area contributed by atoms with E-state index >= 15 is 0 Å². The molecule has 80 valence electrons. The minimum absolute atomic E-state index is 0.180. The molecule has 0 fully saturated rings. The van der Waals surface area contributed by atoms with Crippen molar-refractivity contribution >= 4 is 5.78 Å². The molecule has 0 aromatic rings. The van der Waals surface area contributed by atoms with Gasteiger partial charge in [-0.2, -0.15) is 0 Å². The highest BCUT2D eigenvalue weighted by Gasteiger charge is 2.22. The summed E-state index contributed by atoms with van der Waals surface area (Å²) in [7, 11) is 0. The van der Waals surface area contributed by atoms with Gasteiger partial charge in [-0.05, 0) is 18.9 Å². The first kappa shape index (κ1) is 11.3. The number of hydrogen-bond donors (Lipinski definition) is 0. The Morgan fingerprint density at radius 2 is 2.36 bits per heavy atom. The Labute approximate surface area is 86.3 Å². The Balaban J connectivity index is 2.46. The smallest absolute Gasteiger partial charge is 0.200 e. The van der Waals surface area contributed by atoms with Crippen LogP contribution in [0.15, 0.2) is 11.8 Å². The van der Waals surface area contributed by atoms with Crippen LogP contribution in [0.3, 0.4) is 0 Å². The molecule has 0 radical (unpaired) electrons. The predicted molar refractivity (Wildman–Crippen MR) is 57.0 cm³/mol. The first-order valence-electron chi connectivity index (χ1n) is 5.66. The first-order chi connectivity index (χ1) is 6.79. The van der Waals surface area contributed by atoms with Gasteiger partial charge in [-0.25, -0.2) is 0 Å². The van der Waals surface area contributed by atoms with Gasteiger partial charge in [-0.15, -0.1) is 0 Å². The minimum atomic E-state index is 0.180. The van der Waals surface area contributed by atoms with Crippen molar-refractivity contribution in [1.82, 2.24) is 0 Å². The molecule has 0 amide bonds. The number of allylic oxidation sites excluding steroid dienone is 1. The summed E-state index contributed by atoms with van der Waals surface area (Å²) in [4.78, 5) is 11.9. The van der Waals surface area contributed by atoms with Crippen LogP contribution in [0.1, 0.15) is 46.0 Å². The fraction of sp³-hybridized carbons (Fsp3) is 0.750. The zero-order valence-corrected chi connectivity index (χ0v) is 9.21. The topological polar surface area (TPSA) is 26.3 Å². The van der Waals surface area contributed by atoms with E-state index in [1.54, 1.807) is 0 Å². The van der Waals surface area contributed by atoms with Crippen LogP contribution in [-0.4, -0.2) is 12.4 Å². The van der Waals surface area contributed by atoms with E-state index in [1.807, 2.05) is 6.08 Å². The number of unbranched alkanes of at least 4 members (excludes halogenated alkanes) is 1. The quantitative estimate of drug-likeness (QED) is 0.652. The molecule has 14 heavy (non-hydrogen) atoms. The van der Waals surface area contributed by atoms with Gasteiger partial charge in [-0.3, -0.25) is 4.79 Å². The Hall–Kier alpha value is -0.790. The van der Waals surface area contributed by atoms with Gasteiger partial charge < -0.3 is 4.74 Å². The summed E-state index contributed by atoms with van der Waals surface area (Å²) >= 11 is 0. The summed E-state index contributed by atoms with van der Waals surface area (Å²) in [6, 6.07) is 0. The van der Waals surface area contributed by atoms with Crippen LogP contribution in [0.5, 0.6) is 0 Å². The first-order valence-corrected chi connectivity index (χ1v) is 5.66. The van der Waals surface area contributed by atoms with Gasteiger partial charge >= 0.3 is 0 Å². The second-order valence-corrected chi connectivity index (χ2v) is 3.82. The normalized spacial score (nSPS) is 17.4. The number of hydrogen-bond acceptors (Lipinski definition) is 2. The lowest BCUT2D eigenvalue weighted by Crippen LogP contribution is -2.16. The zero-order valence-electron chi connectivity index (χ0n) is 9.21. The Kier molecular flexibility index (Phi) is 4.71. The molecule has 2 heteroatoms. The average Bonchev–Trinajstić information content (AvgIpc) is 2.71. The third-order valence-corrected chi connectivity index (χ3v) is 2.72. The number of rotatable bonds is 6. The summed E-state index contributed by atoms with van der Waals surface area (Å²) in [6.07, 6.45) is 7.05. The van der Waals surface area contributed by atoms with Gasteiger partial charge in [0.05, 0.1) is 6.61 Å². The molecule has 0 aromatic carbocycles. The standard InChI is InChI=1S/C12H20O2/c1-3-5-7-10(4-2)12(13)11-8-6-9-14-11/h8,10H,3-7,9H2,1-2H3. The largest absolute Gasteiger partial charge is 0.490 e. The summed E-state index contributed by atoms with van der Waals surface area (Å²) < 4.78 is 5.29. The highest BCUT2D eigenvalue weighted by molar-refractivity contribution is 5.95. The molecule has 1 heterocycles. The lowest BCUT2D eigenvalue weighted by molar-refractivity contribution is -0.122. The second-order valence-electron chi connectivity index (χ2n) is 3.82. The molecule has 0 N–H and O–H groups in total. The molecule has 0 spiro atoms. The Bertz CT molecular complexity index is 218. The van der Waals surface area contributed by atoms with Crippen molar-refractivity contribution in [3.8, 4) is 0 Å². The van der Waals surface area contributed by atoms with Crippen LogP contribution >= 0.6 is 0 Å². The van der Waals surface area contributed by atoms with Crippen molar-refractivity contribution in [1.29, 1.82) is 0 Å². The average molecular weight is 196 g/mol. The maximum absolute atomic E-state index is 11.9. The van der Waals surface area contributed by atoms with E-state index < -0.39 is 0 Å². The van der Waals surface area contributed by atoms with E-state index in [1.165, 1.54) is 0 Å². The molecule has 0 saturated carbocycles. The van der Waals surface area contributed by atoms with Crippen molar-refractivity contribution < 1.29 is 9.53 Å². The predicted octanol–water partition coefficient (Wildman–Crippen LogP) is 3.08. The van der Waals surface area contributed by atoms with Crippen LogP contribution in [0.25, 0.3) is 0 Å². The summed E-state index contributed by atoms with van der Waals surface area (Å²) in [5.41, 5.74) is 0. The molecule has 1 rings (SSSR count). The molecule has 2 nitrogen and oxygen atoms in total. The van der Waals surface area contributed by atoms with Crippen molar-refractivity contribution in [2.24, 2.45) is 5.92 Å². The number of Topliss-reactive ketones (excluding diaryl/α,β-unsaturated/α-hetero) is 1. The van der Waals surface area contributed by atoms with Crippen molar-refractivity contribution in [3.05, 3.63) is 11.8 Å². The summed E-state index contributed by atoms with van der Waals surface area (Å²) in [5.74, 6) is 1.02. The van der Waals surface area contributed by atoms with E-state index in [0.29, 0.717) is 12.4 Å². The third-order valence-electron chi connectivity index (χ3n) is 2.72. The van der Waals surface area contributed by atoms with Gasteiger partial charge in [0, 0.05) is 12.3 Å². The molecule has 0 saturated heterocycles. The fourth-order valence-corrected chi connectivity index (χ4v) is 1.76. The van der Waals surface area contributed by atoms with Crippen molar-refractivity contribution in [2.75, 3.05) is 6.61 Å². The molecular formula is C12H20O2. The molecule has 1 aliphatic rings. The highest BCUT2D eigenvalue weighted by atomic mass is 16.5. The molecule has 1 aliphatic heterocycles. The van der Waals surface area contributed by atoms with E-state index in [4.69, 9.17) is 4.74 Å². The minimum Gasteiger partial charge on any atom is -0.490 e. The third kappa shape index (κ3) is 2.86. The van der Waals surface area contributed by atoms with Crippen LogP contribution in [0, 0.1) is 5.92 Å². The fourth-order valence-electron chi connectivity index (χ4n) is 1.76. The van der Waals surface area contributed by atoms with Gasteiger partial charge in [0.1, 0.15) is 0 Å².